The SMILES string of the molecule is Cc1c(S(=O)(=O)Nc2cccc(C(F)(F)F)c2)cc(C(C)(C)C)n1CCCN1CCNCC1. The van der Waals surface area contributed by atoms with E-state index in [1.807, 2.05) is 25.3 Å². The van der Waals surface area contributed by atoms with Crippen LogP contribution in [0.4, 0.5) is 18.9 Å². The molecule has 1 fully saturated rings. The molecule has 3 rings (SSSR count). The molecule has 0 atom stereocenters. The van der Waals surface area contributed by atoms with Gasteiger partial charge >= 0.3 is 6.18 Å². The van der Waals surface area contributed by atoms with Gasteiger partial charge in [0, 0.05) is 55.2 Å². The summed E-state index contributed by atoms with van der Waals surface area (Å²) in [7, 11) is -4.07. The highest BCUT2D eigenvalue weighted by Crippen LogP contribution is 2.33. The van der Waals surface area contributed by atoms with Crippen molar-refractivity contribution in [2.24, 2.45) is 0 Å². The third-order valence-electron chi connectivity index (χ3n) is 5.89. The molecule has 1 saturated heterocycles. The number of aromatic nitrogens is 1. The number of nitrogens with one attached hydrogen (secondary N) is 2. The number of benzene rings is 1. The number of nitrogens with zero attached hydrogens (tertiary/aromatic N) is 2. The second-order valence-electron chi connectivity index (χ2n) is 9.51. The minimum atomic E-state index is -4.55. The summed E-state index contributed by atoms with van der Waals surface area (Å²) in [5.41, 5.74) is 0.141. The molecule has 2 aromatic rings. The molecule has 1 aliphatic heterocycles. The Morgan fingerprint density at radius 1 is 1.06 bits per heavy atom. The van der Waals surface area contributed by atoms with Crippen molar-refractivity contribution in [1.82, 2.24) is 14.8 Å². The normalized spacial score (nSPS) is 16.2. The van der Waals surface area contributed by atoms with Crippen molar-refractivity contribution in [2.45, 2.75) is 57.1 Å². The molecule has 2 N–H and O–H groups in total. The van der Waals surface area contributed by atoms with Gasteiger partial charge in [0.2, 0.25) is 0 Å². The van der Waals surface area contributed by atoms with Crippen molar-refractivity contribution >= 4 is 15.7 Å². The van der Waals surface area contributed by atoms with Gasteiger partial charge in [0.05, 0.1) is 5.56 Å². The molecular formula is C23H33F3N4O2S. The van der Waals surface area contributed by atoms with Crippen LogP contribution in [0.5, 0.6) is 0 Å². The summed E-state index contributed by atoms with van der Waals surface area (Å²) < 4.78 is 69.8. The van der Waals surface area contributed by atoms with E-state index in [0.29, 0.717) is 12.2 Å². The molecule has 0 unspecified atom stereocenters. The molecule has 0 spiro atoms. The van der Waals surface area contributed by atoms with Gasteiger partial charge in [-0.3, -0.25) is 4.72 Å². The number of hydrogen-bond acceptors (Lipinski definition) is 4. The smallest absolute Gasteiger partial charge is 0.347 e. The van der Waals surface area contributed by atoms with Crippen LogP contribution in [0.2, 0.25) is 0 Å². The Kier molecular flexibility index (Phi) is 7.50. The number of piperazine rings is 1. The summed E-state index contributed by atoms with van der Waals surface area (Å²) >= 11 is 0. The number of alkyl halides is 3. The van der Waals surface area contributed by atoms with Crippen LogP contribution in [0.25, 0.3) is 0 Å². The van der Waals surface area contributed by atoms with Crippen LogP contribution in [-0.2, 0) is 28.2 Å². The van der Waals surface area contributed by atoms with Crippen LogP contribution >= 0.6 is 0 Å². The Labute approximate surface area is 194 Å². The quantitative estimate of drug-likeness (QED) is 0.616. The summed E-state index contributed by atoms with van der Waals surface area (Å²) in [5, 5.41) is 3.33. The molecule has 0 radical (unpaired) electrons. The lowest BCUT2D eigenvalue weighted by Crippen LogP contribution is -2.43. The van der Waals surface area contributed by atoms with Crippen molar-refractivity contribution in [1.29, 1.82) is 0 Å². The maximum absolute atomic E-state index is 13.2. The van der Waals surface area contributed by atoms with Crippen molar-refractivity contribution in [3.63, 3.8) is 0 Å². The lowest BCUT2D eigenvalue weighted by Gasteiger charge is -2.28. The second-order valence-corrected chi connectivity index (χ2v) is 11.2. The fraction of sp³-hybridized carbons (Fsp3) is 0.565. The molecule has 1 aromatic heterocycles. The van der Waals surface area contributed by atoms with Gasteiger partial charge in [-0.05, 0) is 44.2 Å². The van der Waals surface area contributed by atoms with Gasteiger partial charge in [-0.2, -0.15) is 13.2 Å². The van der Waals surface area contributed by atoms with Crippen molar-refractivity contribution in [3.05, 3.63) is 47.3 Å². The zero-order chi connectivity index (χ0) is 24.4. The number of halogens is 3. The molecule has 0 amide bonds. The Bertz CT molecular complexity index is 1070. The van der Waals surface area contributed by atoms with E-state index in [1.165, 1.54) is 12.1 Å². The van der Waals surface area contributed by atoms with Crippen LogP contribution in [0, 0.1) is 6.92 Å². The Hall–Kier alpha value is -2.04. The maximum atomic E-state index is 13.2. The molecule has 1 aliphatic rings. The van der Waals surface area contributed by atoms with Crippen LogP contribution in [-0.4, -0.2) is 50.6 Å². The van der Waals surface area contributed by atoms with Crippen molar-refractivity contribution in [2.75, 3.05) is 37.4 Å². The molecule has 0 saturated carbocycles. The van der Waals surface area contributed by atoms with Gasteiger partial charge in [0.25, 0.3) is 10.0 Å². The first kappa shape index (κ1) is 25.6. The molecule has 6 nitrogen and oxygen atoms in total. The zero-order valence-electron chi connectivity index (χ0n) is 19.6. The molecule has 2 heterocycles. The summed E-state index contributed by atoms with van der Waals surface area (Å²) in [6.45, 7) is 13.3. The molecule has 184 valence electrons. The number of anilines is 1. The van der Waals surface area contributed by atoms with E-state index in [1.54, 1.807) is 13.0 Å². The van der Waals surface area contributed by atoms with Gasteiger partial charge in [0.15, 0.2) is 0 Å². The van der Waals surface area contributed by atoms with Crippen LogP contribution in [0.1, 0.15) is 44.1 Å². The first-order chi connectivity index (χ1) is 15.3. The highest BCUT2D eigenvalue weighted by Gasteiger charge is 2.32. The summed E-state index contributed by atoms with van der Waals surface area (Å²) in [6, 6.07) is 5.88. The monoisotopic (exact) mass is 486 g/mol. The van der Waals surface area contributed by atoms with Crippen molar-refractivity contribution < 1.29 is 21.6 Å². The first-order valence-corrected chi connectivity index (χ1v) is 12.6. The van der Waals surface area contributed by atoms with E-state index in [9.17, 15) is 21.6 Å². The molecule has 10 heteroatoms. The Morgan fingerprint density at radius 3 is 2.33 bits per heavy atom. The topological polar surface area (TPSA) is 66.4 Å². The molecule has 0 aliphatic carbocycles. The van der Waals surface area contributed by atoms with E-state index < -0.39 is 21.8 Å². The summed E-state index contributed by atoms with van der Waals surface area (Å²) in [6.07, 6.45) is -3.68. The van der Waals surface area contributed by atoms with Crippen LogP contribution < -0.4 is 10.0 Å². The molecular weight excluding hydrogens is 453 g/mol. The van der Waals surface area contributed by atoms with E-state index in [2.05, 4.69) is 14.9 Å². The molecule has 1 aromatic carbocycles. The average Bonchev–Trinajstić information content (AvgIpc) is 3.06. The number of hydrogen-bond donors (Lipinski definition) is 2. The maximum Gasteiger partial charge on any atom is 0.416 e. The highest BCUT2D eigenvalue weighted by atomic mass is 32.2. The second kappa shape index (κ2) is 9.68. The highest BCUT2D eigenvalue weighted by molar-refractivity contribution is 7.92. The van der Waals surface area contributed by atoms with Crippen molar-refractivity contribution in [3.8, 4) is 0 Å². The molecule has 0 bridgehead atoms. The van der Waals surface area contributed by atoms with Gasteiger partial charge < -0.3 is 14.8 Å². The standard InChI is InChI=1S/C23H33F3N4O2S/c1-17-20(33(31,32)28-19-8-5-7-18(15-19)23(24,25)26)16-21(22(2,3)4)30(17)12-6-11-29-13-9-27-10-14-29/h5,7-8,15-16,27-28H,6,9-14H2,1-4H3. The third-order valence-corrected chi connectivity index (χ3v) is 7.38. The van der Waals surface area contributed by atoms with Gasteiger partial charge in [-0.25, -0.2) is 8.42 Å². The van der Waals surface area contributed by atoms with Crippen LogP contribution in [0.3, 0.4) is 0 Å². The zero-order valence-corrected chi connectivity index (χ0v) is 20.4. The summed E-state index contributed by atoms with van der Waals surface area (Å²) in [5.74, 6) is 0. The fourth-order valence-electron chi connectivity index (χ4n) is 4.16. The average molecular weight is 487 g/mol. The molecule has 33 heavy (non-hydrogen) atoms. The van der Waals surface area contributed by atoms with Gasteiger partial charge in [-0.15, -0.1) is 0 Å². The van der Waals surface area contributed by atoms with Crippen LogP contribution in [0.15, 0.2) is 35.2 Å². The minimum absolute atomic E-state index is 0.0898. The Balaban J connectivity index is 1.86. The Morgan fingerprint density at radius 2 is 1.73 bits per heavy atom. The lowest BCUT2D eigenvalue weighted by molar-refractivity contribution is -0.137. The summed E-state index contributed by atoms with van der Waals surface area (Å²) in [4.78, 5) is 2.48. The first-order valence-electron chi connectivity index (χ1n) is 11.1. The number of rotatable bonds is 7. The number of sulfonamides is 1. The van der Waals surface area contributed by atoms with E-state index in [4.69, 9.17) is 0 Å². The van der Waals surface area contributed by atoms with Gasteiger partial charge in [-0.1, -0.05) is 26.8 Å². The van der Waals surface area contributed by atoms with E-state index in [0.717, 1.165) is 57.0 Å². The van der Waals surface area contributed by atoms with Gasteiger partial charge in [0.1, 0.15) is 4.90 Å². The lowest BCUT2D eigenvalue weighted by atomic mass is 9.92. The third kappa shape index (κ3) is 6.30. The fourth-order valence-corrected chi connectivity index (χ4v) is 5.47. The largest absolute Gasteiger partial charge is 0.416 e. The predicted octanol–water partition coefficient (Wildman–Crippen LogP) is 4.21. The van der Waals surface area contributed by atoms with E-state index in [-0.39, 0.29) is 16.0 Å². The minimum Gasteiger partial charge on any atom is -0.347 e. The van der Waals surface area contributed by atoms with E-state index >= 15 is 0 Å². The predicted molar refractivity (Wildman–Crippen MR) is 124 cm³/mol.